The fourth-order valence-corrected chi connectivity index (χ4v) is 0. The zero-order chi connectivity index (χ0) is 4.71. The molecule has 2 N–H and O–H groups in total. The van der Waals surface area contributed by atoms with E-state index in [1.165, 1.54) is 0 Å². The van der Waals surface area contributed by atoms with Gasteiger partial charge in [0.2, 0.25) is 0 Å². The number of rotatable bonds is 0. The van der Waals surface area contributed by atoms with Gasteiger partial charge in [0.05, 0.1) is 0 Å². The Morgan fingerprint density at radius 3 is 1.60 bits per heavy atom. The van der Waals surface area contributed by atoms with Gasteiger partial charge in [0.15, 0.2) is 0 Å². The van der Waals surface area contributed by atoms with Crippen LogP contribution in [0.15, 0.2) is 0 Å². The number of carboxylic acid groups (broad SMARTS) is 1. The third-order valence-corrected chi connectivity index (χ3v) is 0. The van der Waals surface area contributed by atoms with Gasteiger partial charge < -0.3 is 9.26 Å². The molecular formula is CH5AlO3. The molecule has 0 fully saturated rings. The first kappa shape index (κ1) is 8.88. The van der Waals surface area contributed by atoms with Gasteiger partial charge in [-0.25, -0.2) is 0 Å². The Bertz CT molecular complexity index is 14.4. The van der Waals surface area contributed by atoms with Crippen molar-refractivity contribution in [3.63, 3.8) is 0 Å². The van der Waals surface area contributed by atoms with Crippen molar-refractivity contribution < 1.29 is 14.1 Å². The molecule has 0 aliphatic carbocycles. The molecule has 5 heavy (non-hydrogen) atoms. The Kier molecular flexibility index (Phi) is 66.7. The molecule has 4 heteroatoms. The van der Waals surface area contributed by atoms with Crippen molar-refractivity contribution in [2.45, 2.75) is 0 Å². The van der Waals surface area contributed by atoms with E-state index >= 15 is 0 Å². The molecule has 0 spiro atoms. The second-order valence-corrected chi connectivity index (χ2v) is 0.105. The molecule has 0 aromatic heterocycles. The van der Waals surface area contributed by atoms with Gasteiger partial charge in [-0.2, -0.15) is 0 Å². The first-order chi connectivity index (χ1) is 2.41. The SMILES string of the molecule is O=CO.[OH][AlH2]. The standard InChI is InChI=1S/CH2O2.Al.H2O.2H/c2-1-3;;;;/h1H,(H,2,3);;1H2;;/q;+1;;;/p-1. The third-order valence-electron chi connectivity index (χ3n) is 0. The number of hydrogen-bond acceptors (Lipinski definition) is 2. The summed E-state index contributed by atoms with van der Waals surface area (Å²) < 4.78 is 7.14. The second kappa shape index (κ2) is 37.5. The van der Waals surface area contributed by atoms with Gasteiger partial charge >= 0.3 is 16.6 Å². The first-order valence-corrected chi connectivity index (χ1v) is 1.84. The zero-order valence-corrected chi connectivity index (χ0v) is 4.88. The van der Waals surface area contributed by atoms with Gasteiger partial charge in [0.1, 0.15) is 0 Å². The minimum Gasteiger partial charge on any atom is -0.521 e. The molecule has 0 radical (unpaired) electrons. The average molecular weight is 92.0 g/mol. The van der Waals surface area contributed by atoms with Crippen LogP contribution in [0.25, 0.3) is 0 Å². The number of hydrogen-bond donors (Lipinski definition) is 2. The van der Waals surface area contributed by atoms with E-state index in [-0.39, 0.29) is 6.47 Å². The van der Waals surface area contributed by atoms with E-state index in [1.54, 1.807) is 0 Å². The Morgan fingerprint density at radius 2 is 1.60 bits per heavy atom. The Labute approximate surface area is 38.0 Å². The minimum absolute atomic E-state index is 0.250. The van der Waals surface area contributed by atoms with Crippen LogP contribution in [0.3, 0.4) is 0 Å². The third kappa shape index (κ3) is 10800. The lowest BCUT2D eigenvalue weighted by atomic mass is 11.7. The van der Waals surface area contributed by atoms with Gasteiger partial charge in [-0.3, -0.25) is 4.79 Å². The molecular weight excluding hydrogens is 87.0 g/mol. The molecule has 0 aromatic rings. The summed E-state index contributed by atoms with van der Waals surface area (Å²) in [4.78, 5) is 8.36. The minimum atomic E-state index is -0.250. The fourth-order valence-electron chi connectivity index (χ4n) is 0. The summed E-state index contributed by atoms with van der Waals surface area (Å²) in [6.07, 6.45) is 0. The molecule has 0 unspecified atom stereocenters. The van der Waals surface area contributed by atoms with Gasteiger partial charge in [0.25, 0.3) is 6.47 Å². The zero-order valence-electron chi connectivity index (χ0n) is 2.88. The van der Waals surface area contributed by atoms with Crippen LogP contribution in [0.5, 0.6) is 0 Å². The first-order valence-electron chi connectivity index (χ1n) is 0.941. The van der Waals surface area contributed by atoms with Crippen molar-refractivity contribution in [2.75, 3.05) is 0 Å². The predicted molar refractivity (Wildman–Crippen MR) is 19.5 cm³/mol. The molecule has 0 aliphatic rings. The lowest BCUT2D eigenvalue weighted by Crippen LogP contribution is -1.49. The normalized spacial score (nSPS) is 3.40. The predicted octanol–water partition coefficient (Wildman–Crippen LogP) is -1.77. The number of carbonyl (C=O) groups is 1. The van der Waals surface area contributed by atoms with Gasteiger partial charge in [-0.05, 0) is 0 Å². The van der Waals surface area contributed by atoms with E-state index in [1.807, 2.05) is 0 Å². The molecule has 0 bridgehead atoms. The van der Waals surface area contributed by atoms with E-state index < -0.39 is 0 Å². The van der Waals surface area contributed by atoms with Crippen molar-refractivity contribution in [2.24, 2.45) is 0 Å². The maximum atomic E-state index is 8.36. The van der Waals surface area contributed by atoms with Crippen molar-refractivity contribution in [1.29, 1.82) is 0 Å². The second-order valence-electron chi connectivity index (χ2n) is 0.105. The maximum Gasteiger partial charge on any atom is 0.407 e. The van der Waals surface area contributed by atoms with E-state index in [0.29, 0.717) is 16.6 Å². The molecule has 0 amide bonds. The van der Waals surface area contributed by atoms with Crippen molar-refractivity contribution >= 4 is 23.1 Å². The summed E-state index contributed by atoms with van der Waals surface area (Å²) in [7, 11) is 0. The molecule has 0 saturated carbocycles. The molecule has 0 heterocycles. The molecule has 30 valence electrons. The summed E-state index contributed by atoms with van der Waals surface area (Å²) in [5.74, 6) is 0. The molecule has 3 nitrogen and oxygen atoms in total. The largest absolute Gasteiger partial charge is 0.521 e. The summed E-state index contributed by atoms with van der Waals surface area (Å²) in [6, 6.07) is 0. The van der Waals surface area contributed by atoms with E-state index in [0.717, 1.165) is 0 Å². The summed E-state index contributed by atoms with van der Waals surface area (Å²) in [6.45, 7) is -0.250. The summed E-state index contributed by atoms with van der Waals surface area (Å²) >= 11 is 0.306. The van der Waals surface area contributed by atoms with Crippen molar-refractivity contribution in [1.82, 2.24) is 0 Å². The summed E-state index contributed by atoms with van der Waals surface area (Å²) in [5.41, 5.74) is 0. The highest BCUT2D eigenvalue weighted by Gasteiger charge is 1.22. The summed E-state index contributed by atoms with van der Waals surface area (Å²) in [5, 5.41) is 6.89. The van der Waals surface area contributed by atoms with Crippen LogP contribution in [0.1, 0.15) is 0 Å². The monoisotopic (exact) mass is 92.0 g/mol. The van der Waals surface area contributed by atoms with Crippen molar-refractivity contribution in [3.05, 3.63) is 0 Å². The molecule has 0 saturated heterocycles. The van der Waals surface area contributed by atoms with Crippen LogP contribution < -0.4 is 0 Å². The van der Waals surface area contributed by atoms with Gasteiger partial charge in [-0.1, -0.05) is 0 Å². The lowest BCUT2D eigenvalue weighted by Gasteiger charge is -1.34. The molecule has 0 aromatic carbocycles. The highest BCUT2D eigenvalue weighted by Crippen LogP contribution is 0.966. The van der Waals surface area contributed by atoms with E-state index in [4.69, 9.17) is 14.1 Å². The van der Waals surface area contributed by atoms with Crippen LogP contribution in [-0.2, 0) is 4.79 Å². The molecule has 0 rings (SSSR count). The van der Waals surface area contributed by atoms with Crippen LogP contribution in [0.4, 0.5) is 0 Å². The lowest BCUT2D eigenvalue weighted by molar-refractivity contribution is -0.122. The molecule has 0 aliphatic heterocycles. The Morgan fingerprint density at radius 1 is 1.60 bits per heavy atom. The highest BCUT2D eigenvalue weighted by molar-refractivity contribution is 5.95. The van der Waals surface area contributed by atoms with Crippen LogP contribution in [-0.4, -0.2) is 32.4 Å². The van der Waals surface area contributed by atoms with Crippen LogP contribution in [0, 0.1) is 0 Å². The molecule has 0 atom stereocenters. The fraction of sp³-hybridized carbons (Fsp3) is 0. The van der Waals surface area contributed by atoms with Gasteiger partial charge in [-0.15, -0.1) is 0 Å². The topological polar surface area (TPSA) is 57.5 Å². The van der Waals surface area contributed by atoms with E-state index in [9.17, 15) is 0 Å². The average Bonchev–Trinajstić information content (AvgIpc) is 1.46. The Balaban J connectivity index is 0. The van der Waals surface area contributed by atoms with Crippen molar-refractivity contribution in [3.8, 4) is 0 Å². The van der Waals surface area contributed by atoms with Gasteiger partial charge in [0, 0.05) is 0 Å². The maximum absolute atomic E-state index is 8.36. The quantitative estimate of drug-likeness (QED) is 0.274. The smallest absolute Gasteiger partial charge is 0.407 e. The van der Waals surface area contributed by atoms with Crippen LogP contribution in [0.2, 0.25) is 0 Å². The highest BCUT2D eigenvalue weighted by atomic mass is 27.1. The van der Waals surface area contributed by atoms with E-state index in [2.05, 4.69) is 0 Å². The Hall–Kier alpha value is -0.0375. The van der Waals surface area contributed by atoms with Crippen LogP contribution >= 0.6 is 0 Å².